The van der Waals surface area contributed by atoms with Crippen molar-refractivity contribution >= 4 is 27.5 Å². The van der Waals surface area contributed by atoms with Gasteiger partial charge in [0, 0.05) is 38.0 Å². The highest BCUT2D eigenvalue weighted by molar-refractivity contribution is 7.89. The Balaban J connectivity index is 1.74. The van der Waals surface area contributed by atoms with Crippen molar-refractivity contribution in [2.75, 3.05) is 51.3 Å². The standard InChI is InChI=1S/C22H33N3O6S/c1-4-31-20-6-5-18(32(28,29)25-11-13-30-14-12-25)15-19(20)23-21(26)17-7-9-24(10-8-17)22(27)16(2)3/h5-6,15-17H,4,7-14H2,1-3H3,(H,23,26). The Hall–Kier alpha value is -2.17. The molecule has 2 aliphatic rings. The van der Waals surface area contributed by atoms with E-state index in [1.54, 1.807) is 11.0 Å². The molecule has 0 unspecified atom stereocenters. The monoisotopic (exact) mass is 467 g/mol. The summed E-state index contributed by atoms with van der Waals surface area (Å²) in [6.45, 7) is 8.34. The Kier molecular flexibility index (Phi) is 8.13. The van der Waals surface area contributed by atoms with Crippen molar-refractivity contribution in [2.24, 2.45) is 11.8 Å². The van der Waals surface area contributed by atoms with Gasteiger partial charge in [-0.2, -0.15) is 4.31 Å². The Morgan fingerprint density at radius 3 is 2.41 bits per heavy atom. The second-order valence-electron chi connectivity index (χ2n) is 8.35. The average Bonchev–Trinajstić information content (AvgIpc) is 2.80. The number of ether oxygens (including phenoxy) is 2. The van der Waals surface area contributed by atoms with Gasteiger partial charge in [-0.25, -0.2) is 8.42 Å². The highest BCUT2D eigenvalue weighted by Crippen LogP contribution is 2.31. The average molecular weight is 468 g/mol. The van der Waals surface area contributed by atoms with Gasteiger partial charge in [0.25, 0.3) is 0 Å². The normalized spacial score (nSPS) is 18.6. The Labute approximate surface area is 190 Å². The van der Waals surface area contributed by atoms with Crippen molar-refractivity contribution < 1.29 is 27.5 Å². The summed E-state index contributed by atoms with van der Waals surface area (Å²) in [6.07, 6.45) is 1.14. The molecule has 32 heavy (non-hydrogen) atoms. The van der Waals surface area contributed by atoms with E-state index in [-0.39, 0.29) is 28.5 Å². The number of hydrogen-bond donors (Lipinski definition) is 1. The molecule has 1 aromatic rings. The summed E-state index contributed by atoms with van der Waals surface area (Å²) in [5.41, 5.74) is 0.340. The number of carbonyl (C=O) groups excluding carboxylic acids is 2. The predicted octanol–water partition coefficient (Wildman–Crippen LogP) is 1.94. The molecule has 2 amide bonds. The number of sulfonamides is 1. The van der Waals surface area contributed by atoms with Gasteiger partial charge in [0.2, 0.25) is 21.8 Å². The Morgan fingerprint density at radius 2 is 1.81 bits per heavy atom. The number of anilines is 1. The molecule has 3 rings (SSSR count). The van der Waals surface area contributed by atoms with Gasteiger partial charge in [0.05, 0.1) is 30.4 Å². The SMILES string of the molecule is CCOc1ccc(S(=O)(=O)N2CCOCC2)cc1NC(=O)C1CCN(C(=O)C(C)C)CC1. The molecule has 0 aliphatic carbocycles. The maximum atomic E-state index is 13.0. The molecule has 178 valence electrons. The minimum Gasteiger partial charge on any atom is -0.492 e. The molecular formula is C22H33N3O6S. The van der Waals surface area contributed by atoms with E-state index in [2.05, 4.69) is 5.32 Å². The van der Waals surface area contributed by atoms with E-state index in [9.17, 15) is 18.0 Å². The second-order valence-corrected chi connectivity index (χ2v) is 10.3. The number of morpholine rings is 1. The fourth-order valence-electron chi connectivity index (χ4n) is 3.95. The summed E-state index contributed by atoms with van der Waals surface area (Å²) >= 11 is 0. The summed E-state index contributed by atoms with van der Waals surface area (Å²) in [4.78, 5) is 27.0. The lowest BCUT2D eigenvalue weighted by Gasteiger charge is -2.32. The van der Waals surface area contributed by atoms with Crippen molar-refractivity contribution in [3.05, 3.63) is 18.2 Å². The van der Waals surface area contributed by atoms with Crippen LogP contribution in [0.15, 0.2) is 23.1 Å². The van der Waals surface area contributed by atoms with Crippen molar-refractivity contribution in [3.63, 3.8) is 0 Å². The van der Waals surface area contributed by atoms with Crippen LogP contribution in [-0.2, 0) is 24.3 Å². The summed E-state index contributed by atoms with van der Waals surface area (Å²) < 4.78 is 38.3. The molecule has 1 aromatic carbocycles. The van der Waals surface area contributed by atoms with Gasteiger partial charge >= 0.3 is 0 Å². The molecule has 2 fully saturated rings. The molecule has 2 heterocycles. The number of rotatable bonds is 7. The molecule has 10 heteroatoms. The van der Waals surface area contributed by atoms with E-state index in [1.807, 2.05) is 20.8 Å². The van der Waals surface area contributed by atoms with E-state index < -0.39 is 10.0 Å². The third kappa shape index (κ3) is 5.60. The van der Waals surface area contributed by atoms with Gasteiger partial charge in [0.1, 0.15) is 5.75 Å². The lowest BCUT2D eigenvalue weighted by Crippen LogP contribution is -2.43. The summed E-state index contributed by atoms with van der Waals surface area (Å²) in [5, 5.41) is 2.87. The van der Waals surface area contributed by atoms with Crippen LogP contribution in [0.25, 0.3) is 0 Å². The number of carbonyl (C=O) groups is 2. The van der Waals surface area contributed by atoms with Gasteiger partial charge in [0.15, 0.2) is 0 Å². The Morgan fingerprint density at radius 1 is 1.16 bits per heavy atom. The quantitative estimate of drug-likeness (QED) is 0.657. The molecule has 0 saturated carbocycles. The van der Waals surface area contributed by atoms with Crippen molar-refractivity contribution in [3.8, 4) is 5.75 Å². The molecule has 0 aromatic heterocycles. The number of piperidine rings is 1. The van der Waals surface area contributed by atoms with E-state index in [0.29, 0.717) is 70.3 Å². The predicted molar refractivity (Wildman–Crippen MR) is 120 cm³/mol. The maximum absolute atomic E-state index is 13.0. The van der Waals surface area contributed by atoms with Crippen LogP contribution < -0.4 is 10.1 Å². The zero-order valence-electron chi connectivity index (χ0n) is 19.0. The molecule has 1 N–H and O–H groups in total. The minimum absolute atomic E-state index is 0.0646. The van der Waals surface area contributed by atoms with E-state index in [0.717, 1.165) is 0 Å². The van der Waals surface area contributed by atoms with Gasteiger partial charge < -0.3 is 19.7 Å². The van der Waals surface area contributed by atoms with Crippen LogP contribution in [-0.4, -0.2) is 75.4 Å². The first-order valence-electron chi connectivity index (χ1n) is 11.2. The maximum Gasteiger partial charge on any atom is 0.243 e. The fourth-order valence-corrected chi connectivity index (χ4v) is 5.38. The van der Waals surface area contributed by atoms with Crippen molar-refractivity contribution in [2.45, 2.75) is 38.5 Å². The minimum atomic E-state index is -3.70. The third-order valence-electron chi connectivity index (χ3n) is 5.79. The Bertz CT molecular complexity index is 920. The summed E-state index contributed by atoms with van der Waals surface area (Å²) in [6, 6.07) is 4.54. The zero-order chi connectivity index (χ0) is 23.3. The van der Waals surface area contributed by atoms with Crippen LogP contribution in [0.3, 0.4) is 0 Å². The van der Waals surface area contributed by atoms with Crippen LogP contribution in [0.2, 0.25) is 0 Å². The molecule has 0 radical (unpaired) electrons. The van der Waals surface area contributed by atoms with Crippen LogP contribution >= 0.6 is 0 Å². The molecule has 9 nitrogen and oxygen atoms in total. The molecule has 0 atom stereocenters. The van der Waals surface area contributed by atoms with Crippen LogP contribution in [0, 0.1) is 11.8 Å². The molecule has 0 bridgehead atoms. The van der Waals surface area contributed by atoms with Gasteiger partial charge in [-0.1, -0.05) is 13.8 Å². The van der Waals surface area contributed by atoms with Crippen molar-refractivity contribution in [1.29, 1.82) is 0 Å². The molecule has 2 aliphatic heterocycles. The van der Waals surface area contributed by atoms with Crippen LogP contribution in [0.4, 0.5) is 5.69 Å². The largest absolute Gasteiger partial charge is 0.492 e. The molecule has 0 spiro atoms. The summed E-state index contributed by atoms with van der Waals surface area (Å²) in [7, 11) is -3.70. The van der Waals surface area contributed by atoms with Crippen molar-refractivity contribution in [1.82, 2.24) is 9.21 Å². The highest BCUT2D eigenvalue weighted by Gasteiger charge is 2.30. The number of likely N-dealkylation sites (tertiary alicyclic amines) is 1. The van der Waals surface area contributed by atoms with Gasteiger partial charge in [-0.3, -0.25) is 9.59 Å². The first kappa shape index (κ1) is 24.5. The van der Waals surface area contributed by atoms with E-state index in [4.69, 9.17) is 9.47 Å². The third-order valence-corrected chi connectivity index (χ3v) is 7.68. The highest BCUT2D eigenvalue weighted by atomic mass is 32.2. The number of amides is 2. The first-order valence-corrected chi connectivity index (χ1v) is 12.6. The number of nitrogens with one attached hydrogen (secondary N) is 1. The molecule has 2 saturated heterocycles. The number of hydrogen-bond acceptors (Lipinski definition) is 6. The van der Waals surface area contributed by atoms with E-state index >= 15 is 0 Å². The lowest BCUT2D eigenvalue weighted by atomic mass is 9.95. The summed E-state index contributed by atoms with van der Waals surface area (Å²) in [5.74, 6) is 0.0201. The van der Waals surface area contributed by atoms with Gasteiger partial charge in [-0.15, -0.1) is 0 Å². The smallest absolute Gasteiger partial charge is 0.243 e. The molecular weight excluding hydrogens is 434 g/mol. The number of nitrogens with zero attached hydrogens (tertiary/aromatic N) is 2. The second kappa shape index (κ2) is 10.6. The fraction of sp³-hybridized carbons (Fsp3) is 0.636. The van der Waals surface area contributed by atoms with E-state index in [1.165, 1.54) is 16.4 Å². The lowest BCUT2D eigenvalue weighted by molar-refractivity contribution is -0.137. The topological polar surface area (TPSA) is 105 Å². The van der Waals surface area contributed by atoms with Crippen LogP contribution in [0.1, 0.15) is 33.6 Å². The zero-order valence-corrected chi connectivity index (χ0v) is 19.8. The van der Waals surface area contributed by atoms with Gasteiger partial charge in [-0.05, 0) is 38.0 Å². The first-order chi connectivity index (χ1) is 15.2. The number of benzene rings is 1. The van der Waals surface area contributed by atoms with Crippen LogP contribution in [0.5, 0.6) is 5.75 Å².